The summed E-state index contributed by atoms with van der Waals surface area (Å²) in [6.07, 6.45) is 3.17. The molecule has 0 radical (unpaired) electrons. The number of halogens is 4. The second-order valence-corrected chi connectivity index (χ2v) is 7.55. The van der Waals surface area contributed by atoms with Crippen LogP contribution >= 0.6 is 0 Å². The van der Waals surface area contributed by atoms with Gasteiger partial charge in [0.25, 0.3) is 0 Å². The lowest BCUT2D eigenvalue weighted by atomic mass is 10.0. The van der Waals surface area contributed by atoms with Crippen molar-refractivity contribution in [3.63, 3.8) is 0 Å². The predicted octanol–water partition coefficient (Wildman–Crippen LogP) is 4.20. The molecular formula is C23H18F4N6O. The molecule has 0 bridgehead atoms. The Morgan fingerprint density at radius 3 is 2.44 bits per heavy atom. The standard InChI is InChI=1S/C23H18F4N6O/c1-33-12-18(31-13-33)9-20-29-10-16(11-30-20)14-2-3-15(19(24)6-14)7-22(34)32-21-8-17(4-5-28-21)23(25,26)27/h2-6,8,10-13H,7,9H2,1H3,(H,28,32,34). The lowest BCUT2D eigenvalue weighted by Crippen LogP contribution is -2.17. The maximum atomic E-state index is 14.6. The zero-order chi connectivity index (χ0) is 24.3. The highest BCUT2D eigenvalue weighted by Crippen LogP contribution is 2.30. The minimum Gasteiger partial charge on any atom is -0.340 e. The molecule has 0 aliphatic carbocycles. The molecule has 0 aliphatic rings. The second kappa shape index (κ2) is 9.38. The van der Waals surface area contributed by atoms with E-state index in [-0.39, 0.29) is 17.8 Å². The maximum Gasteiger partial charge on any atom is 0.416 e. The van der Waals surface area contributed by atoms with E-state index in [1.165, 1.54) is 12.1 Å². The molecule has 0 fully saturated rings. The molecule has 34 heavy (non-hydrogen) atoms. The molecule has 7 nitrogen and oxygen atoms in total. The summed E-state index contributed by atoms with van der Waals surface area (Å²) in [5, 5.41) is 2.26. The van der Waals surface area contributed by atoms with Gasteiger partial charge >= 0.3 is 6.18 Å². The summed E-state index contributed by atoms with van der Waals surface area (Å²) in [7, 11) is 1.87. The average Bonchev–Trinajstić information content (AvgIpc) is 3.20. The summed E-state index contributed by atoms with van der Waals surface area (Å²) in [4.78, 5) is 28.7. The number of carbonyl (C=O) groups is 1. The number of hydrogen-bond donors (Lipinski definition) is 1. The minimum atomic E-state index is -4.56. The van der Waals surface area contributed by atoms with Gasteiger partial charge in [0.1, 0.15) is 17.5 Å². The highest BCUT2D eigenvalue weighted by atomic mass is 19.4. The smallest absolute Gasteiger partial charge is 0.340 e. The molecule has 3 heterocycles. The molecule has 1 amide bonds. The van der Waals surface area contributed by atoms with Crippen molar-refractivity contribution in [2.75, 3.05) is 5.32 Å². The third-order valence-electron chi connectivity index (χ3n) is 4.90. The topological polar surface area (TPSA) is 85.6 Å². The fourth-order valence-electron chi connectivity index (χ4n) is 3.22. The van der Waals surface area contributed by atoms with E-state index in [0.29, 0.717) is 23.4 Å². The van der Waals surface area contributed by atoms with Gasteiger partial charge in [0.05, 0.1) is 30.4 Å². The number of pyridine rings is 1. The molecular weight excluding hydrogens is 452 g/mol. The third kappa shape index (κ3) is 5.61. The van der Waals surface area contributed by atoms with Gasteiger partial charge in [-0.3, -0.25) is 4.79 Å². The lowest BCUT2D eigenvalue weighted by molar-refractivity contribution is -0.137. The Morgan fingerprint density at radius 2 is 1.79 bits per heavy atom. The maximum absolute atomic E-state index is 14.6. The Hall–Kier alpha value is -4.15. The number of aromatic nitrogens is 5. The molecule has 4 rings (SSSR count). The Bertz CT molecular complexity index is 1320. The van der Waals surface area contributed by atoms with Gasteiger partial charge in [-0.15, -0.1) is 0 Å². The van der Waals surface area contributed by atoms with Crippen LogP contribution in [0, 0.1) is 5.82 Å². The molecule has 0 saturated heterocycles. The van der Waals surface area contributed by atoms with Crippen LogP contribution in [-0.4, -0.2) is 30.4 Å². The molecule has 0 atom stereocenters. The van der Waals surface area contributed by atoms with E-state index in [4.69, 9.17) is 0 Å². The molecule has 1 aromatic carbocycles. The fourth-order valence-corrected chi connectivity index (χ4v) is 3.22. The number of aryl methyl sites for hydroxylation is 1. The monoisotopic (exact) mass is 470 g/mol. The van der Waals surface area contributed by atoms with Gasteiger partial charge in [-0.25, -0.2) is 24.3 Å². The summed E-state index contributed by atoms with van der Waals surface area (Å²) in [6, 6.07) is 5.82. The van der Waals surface area contributed by atoms with Crippen molar-refractivity contribution in [1.29, 1.82) is 0 Å². The van der Waals surface area contributed by atoms with Crippen molar-refractivity contribution in [3.8, 4) is 11.1 Å². The number of amides is 1. The first-order valence-electron chi connectivity index (χ1n) is 10.1. The minimum absolute atomic E-state index is 0.0842. The van der Waals surface area contributed by atoms with Gasteiger partial charge in [0, 0.05) is 37.4 Å². The highest BCUT2D eigenvalue weighted by molar-refractivity contribution is 5.91. The Kier molecular flexibility index (Phi) is 6.35. The van der Waals surface area contributed by atoms with Gasteiger partial charge in [0.2, 0.25) is 5.91 Å². The van der Waals surface area contributed by atoms with Gasteiger partial charge in [-0.2, -0.15) is 13.2 Å². The summed E-state index contributed by atoms with van der Waals surface area (Å²) in [5.41, 5.74) is 1.07. The number of hydrogen-bond acceptors (Lipinski definition) is 5. The fraction of sp³-hybridized carbons (Fsp3) is 0.174. The second-order valence-electron chi connectivity index (χ2n) is 7.55. The molecule has 0 aliphatic heterocycles. The number of nitrogens with one attached hydrogen (secondary N) is 1. The molecule has 0 unspecified atom stereocenters. The highest BCUT2D eigenvalue weighted by Gasteiger charge is 2.30. The zero-order valence-corrected chi connectivity index (χ0v) is 17.8. The molecule has 11 heteroatoms. The zero-order valence-electron chi connectivity index (χ0n) is 17.8. The van der Waals surface area contributed by atoms with Crippen molar-refractivity contribution in [2.45, 2.75) is 19.0 Å². The number of benzene rings is 1. The summed E-state index contributed by atoms with van der Waals surface area (Å²) in [6.45, 7) is 0. The van der Waals surface area contributed by atoms with Crippen LogP contribution in [0.1, 0.15) is 22.6 Å². The molecule has 1 N–H and O–H groups in total. The Morgan fingerprint density at radius 1 is 1.03 bits per heavy atom. The van der Waals surface area contributed by atoms with E-state index in [9.17, 15) is 22.4 Å². The number of imidazole rings is 1. The molecule has 0 saturated carbocycles. The van der Waals surface area contributed by atoms with Crippen LogP contribution in [0.5, 0.6) is 0 Å². The molecule has 4 aromatic rings. The van der Waals surface area contributed by atoms with Crippen LogP contribution in [0.4, 0.5) is 23.4 Å². The Balaban J connectivity index is 1.41. The summed E-state index contributed by atoms with van der Waals surface area (Å²) >= 11 is 0. The van der Waals surface area contributed by atoms with Gasteiger partial charge < -0.3 is 9.88 Å². The van der Waals surface area contributed by atoms with Crippen LogP contribution in [-0.2, 0) is 30.9 Å². The van der Waals surface area contributed by atoms with Gasteiger partial charge in [-0.1, -0.05) is 12.1 Å². The van der Waals surface area contributed by atoms with Crippen molar-refractivity contribution in [1.82, 2.24) is 24.5 Å². The van der Waals surface area contributed by atoms with E-state index in [0.717, 1.165) is 24.0 Å². The van der Waals surface area contributed by atoms with Crippen LogP contribution in [0.15, 0.2) is 61.4 Å². The van der Waals surface area contributed by atoms with Crippen molar-refractivity contribution in [3.05, 3.63) is 89.9 Å². The molecule has 3 aromatic heterocycles. The lowest BCUT2D eigenvalue weighted by Gasteiger charge is -2.10. The number of alkyl halides is 3. The first kappa shape index (κ1) is 23.0. The predicted molar refractivity (Wildman–Crippen MR) is 115 cm³/mol. The largest absolute Gasteiger partial charge is 0.416 e. The average molecular weight is 470 g/mol. The van der Waals surface area contributed by atoms with E-state index < -0.39 is 23.5 Å². The summed E-state index contributed by atoms with van der Waals surface area (Å²) < 4.78 is 54.9. The first-order chi connectivity index (χ1) is 16.2. The quantitative estimate of drug-likeness (QED) is 0.427. The van der Waals surface area contributed by atoms with Crippen LogP contribution in [0.2, 0.25) is 0 Å². The number of nitrogens with zero attached hydrogens (tertiary/aromatic N) is 5. The van der Waals surface area contributed by atoms with Crippen LogP contribution in [0.25, 0.3) is 11.1 Å². The van der Waals surface area contributed by atoms with E-state index >= 15 is 0 Å². The SMILES string of the molecule is Cn1cnc(Cc2ncc(-c3ccc(CC(=O)Nc4cc(C(F)(F)F)ccn4)c(F)c3)cn2)c1. The Labute approximate surface area is 191 Å². The molecule has 174 valence electrons. The van der Waals surface area contributed by atoms with E-state index in [2.05, 4.69) is 25.3 Å². The van der Waals surface area contributed by atoms with Crippen molar-refractivity contribution in [2.24, 2.45) is 7.05 Å². The number of anilines is 1. The van der Waals surface area contributed by atoms with Crippen molar-refractivity contribution >= 4 is 11.7 Å². The molecule has 0 spiro atoms. The number of carbonyl (C=O) groups excluding carboxylic acids is 1. The van der Waals surface area contributed by atoms with Gasteiger partial charge in [0.15, 0.2) is 0 Å². The normalized spacial score (nSPS) is 11.4. The van der Waals surface area contributed by atoms with Crippen LogP contribution in [0.3, 0.4) is 0 Å². The van der Waals surface area contributed by atoms with Crippen molar-refractivity contribution < 1.29 is 22.4 Å². The van der Waals surface area contributed by atoms with E-state index in [1.807, 2.05) is 17.8 Å². The first-order valence-corrected chi connectivity index (χ1v) is 10.1. The number of rotatable bonds is 6. The third-order valence-corrected chi connectivity index (χ3v) is 4.90. The van der Waals surface area contributed by atoms with Gasteiger partial charge in [-0.05, 0) is 29.3 Å². The van der Waals surface area contributed by atoms with E-state index in [1.54, 1.807) is 24.8 Å². The van der Waals surface area contributed by atoms with Crippen LogP contribution < -0.4 is 5.32 Å². The summed E-state index contributed by atoms with van der Waals surface area (Å²) in [5.74, 6) is -1.03.